The molecule has 1 aromatic heterocycles. The van der Waals surface area contributed by atoms with Crippen molar-refractivity contribution in [2.45, 2.75) is 47.1 Å². The van der Waals surface area contributed by atoms with Gasteiger partial charge in [0.15, 0.2) is 0 Å². The van der Waals surface area contributed by atoms with E-state index in [1.807, 2.05) is 27.8 Å². The Morgan fingerprint density at radius 1 is 1.03 bits per heavy atom. The molecule has 1 saturated heterocycles. The number of carbonyl (C=O) groups is 1. The molecule has 0 bridgehead atoms. The first-order valence-corrected chi connectivity index (χ1v) is 11.7. The number of pyridine rings is 1. The van der Waals surface area contributed by atoms with Crippen molar-refractivity contribution in [2.75, 3.05) is 55.3 Å². The second kappa shape index (κ2) is 9.89. The zero-order chi connectivity index (χ0) is 24.2. The van der Waals surface area contributed by atoms with Gasteiger partial charge in [0.05, 0.1) is 11.4 Å². The Bertz CT molecular complexity index is 954. The van der Waals surface area contributed by atoms with Crippen LogP contribution in [0.3, 0.4) is 0 Å². The minimum atomic E-state index is -0.473. The third-order valence-corrected chi connectivity index (χ3v) is 5.38. The monoisotopic (exact) mass is 453 g/mol. The standard InChI is InChI=1S/C26H39N5O2/c1-25(2,3)18-28-22-12-11-21(29-23(22)27-7)19-9-8-10-20(17-19)30-13-15-31(16-14-30)24(32)33-26(4,5)6/h8-12,17,28H,13-16,18H2,1-7H3,(H,27,29). The van der Waals surface area contributed by atoms with Gasteiger partial charge in [0.1, 0.15) is 11.4 Å². The van der Waals surface area contributed by atoms with Crippen molar-refractivity contribution < 1.29 is 9.53 Å². The van der Waals surface area contributed by atoms with Crippen LogP contribution in [0.2, 0.25) is 0 Å². The van der Waals surface area contributed by atoms with Crippen molar-refractivity contribution in [2.24, 2.45) is 5.41 Å². The zero-order valence-electron chi connectivity index (χ0n) is 21.2. The summed E-state index contributed by atoms with van der Waals surface area (Å²) in [6, 6.07) is 12.6. The molecule has 0 spiro atoms. The SMILES string of the molecule is CNc1nc(-c2cccc(N3CCN(C(=O)OC(C)(C)C)CC3)c2)ccc1NCC(C)(C)C. The number of nitrogens with zero attached hydrogens (tertiary/aromatic N) is 3. The second-order valence-corrected chi connectivity index (χ2v) is 10.8. The lowest BCUT2D eigenvalue weighted by atomic mass is 9.97. The predicted octanol–water partition coefficient (Wildman–Crippen LogP) is 5.31. The van der Waals surface area contributed by atoms with Crippen LogP contribution in [0.4, 0.5) is 22.0 Å². The Morgan fingerprint density at radius 2 is 1.73 bits per heavy atom. The molecule has 1 aliphatic rings. The molecule has 1 aliphatic heterocycles. The molecule has 2 heterocycles. The Balaban J connectivity index is 1.69. The van der Waals surface area contributed by atoms with Gasteiger partial charge in [-0.05, 0) is 50.5 Å². The Morgan fingerprint density at radius 3 is 2.33 bits per heavy atom. The van der Waals surface area contributed by atoms with E-state index >= 15 is 0 Å². The second-order valence-electron chi connectivity index (χ2n) is 10.8. The number of nitrogens with one attached hydrogen (secondary N) is 2. The van der Waals surface area contributed by atoms with Gasteiger partial charge < -0.3 is 25.2 Å². The number of anilines is 3. The molecular formula is C26H39N5O2. The van der Waals surface area contributed by atoms with Gasteiger partial charge >= 0.3 is 6.09 Å². The number of amides is 1. The maximum atomic E-state index is 12.4. The third-order valence-electron chi connectivity index (χ3n) is 5.38. The average Bonchev–Trinajstić information content (AvgIpc) is 2.76. The number of hydrogen-bond donors (Lipinski definition) is 2. The first kappa shape index (κ1) is 24.7. The van der Waals surface area contributed by atoms with Crippen LogP contribution in [0.1, 0.15) is 41.5 Å². The van der Waals surface area contributed by atoms with Gasteiger partial charge in [-0.3, -0.25) is 0 Å². The van der Waals surface area contributed by atoms with E-state index < -0.39 is 5.60 Å². The highest BCUT2D eigenvalue weighted by Crippen LogP contribution is 2.29. The number of carbonyl (C=O) groups excluding carboxylic acids is 1. The molecule has 0 aliphatic carbocycles. The smallest absolute Gasteiger partial charge is 0.410 e. The quantitative estimate of drug-likeness (QED) is 0.640. The van der Waals surface area contributed by atoms with Crippen molar-refractivity contribution in [3.8, 4) is 11.3 Å². The van der Waals surface area contributed by atoms with Gasteiger partial charge in [-0.1, -0.05) is 32.9 Å². The highest BCUT2D eigenvalue weighted by Gasteiger charge is 2.26. The highest BCUT2D eigenvalue weighted by atomic mass is 16.6. The van der Waals surface area contributed by atoms with Crippen molar-refractivity contribution >= 4 is 23.3 Å². The topological polar surface area (TPSA) is 69.7 Å². The molecule has 1 amide bonds. The van der Waals surface area contributed by atoms with Gasteiger partial charge in [0.2, 0.25) is 0 Å². The van der Waals surface area contributed by atoms with Crippen LogP contribution in [0.15, 0.2) is 36.4 Å². The van der Waals surface area contributed by atoms with Crippen LogP contribution in [0.5, 0.6) is 0 Å². The maximum absolute atomic E-state index is 12.4. The molecule has 2 N–H and O–H groups in total. The summed E-state index contributed by atoms with van der Waals surface area (Å²) in [5.41, 5.74) is 3.85. The summed E-state index contributed by atoms with van der Waals surface area (Å²) in [4.78, 5) is 21.3. The minimum Gasteiger partial charge on any atom is -0.444 e. The van der Waals surface area contributed by atoms with Crippen LogP contribution in [0.25, 0.3) is 11.3 Å². The number of aromatic nitrogens is 1. The summed E-state index contributed by atoms with van der Waals surface area (Å²) in [5, 5.41) is 6.72. The molecule has 7 nitrogen and oxygen atoms in total. The normalized spacial score (nSPS) is 14.8. The van der Waals surface area contributed by atoms with E-state index in [-0.39, 0.29) is 11.5 Å². The fourth-order valence-corrected chi connectivity index (χ4v) is 3.65. The summed E-state index contributed by atoms with van der Waals surface area (Å²) >= 11 is 0. The highest BCUT2D eigenvalue weighted by molar-refractivity contribution is 5.73. The molecular weight excluding hydrogens is 414 g/mol. The number of rotatable bonds is 5. The van der Waals surface area contributed by atoms with Gasteiger partial charge in [0.25, 0.3) is 0 Å². The fourth-order valence-electron chi connectivity index (χ4n) is 3.65. The molecule has 180 valence electrons. The number of piperazine rings is 1. The van der Waals surface area contributed by atoms with Crippen molar-refractivity contribution in [3.05, 3.63) is 36.4 Å². The summed E-state index contributed by atoms with van der Waals surface area (Å²) in [6.45, 7) is 16.0. The van der Waals surface area contributed by atoms with Gasteiger partial charge in [-0.15, -0.1) is 0 Å². The summed E-state index contributed by atoms with van der Waals surface area (Å²) in [7, 11) is 1.90. The Labute approximate surface area is 198 Å². The number of ether oxygens (including phenoxy) is 1. The van der Waals surface area contributed by atoms with Crippen LogP contribution < -0.4 is 15.5 Å². The number of hydrogen-bond acceptors (Lipinski definition) is 6. The summed E-state index contributed by atoms with van der Waals surface area (Å²) < 4.78 is 5.51. The molecule has 0 atom stereocenters. The fraction of sp³-hybridized carbons (Fsp3) is 0.538. The van der Waals surface area contributed by atoms with Gasteiger partial charge in [-0.2, -0.15) is 0 Å². The van der Waals surface area contributed by atoms with Crippen LogP contribution in [0, 0.1) is 5.41 Å². The van der Waals surface area contributed by atoms with E-state index in [1.165, 1.54) is 0 Å². The molecule has 0 radical (unpaired) electrons. The summed E-state index contributed by atoms with van der Waals surface area (Å²) in [6.07, 6.45) is -0.236. The lowest BCUT2D eigenvalue weighted by Gasteiger charge is -2.36. The zero-order valence-corrected chi connectivity index (χ0v) is 21.2. The van der Waals surface area contributed by atoms with E-state index in [1.54, 1.807) is 4.90 Å². The van der Waals surface area contributed by atoms with E-state index in [4.69, 9.17) is 9.72 Å². The summed E-state index contributed by atoms with van der Waals surface area (Å²) in [5.74, 6) is 0.841. The molecule has 7 heteroatoms. The van der Waals surface area contributed by atoms with Crippen LogP contribution in [-0.4, -0.2) is 61.3 Å². The maximum Gasteiger partial charge on any atom is 0.410 e. The molecule has 1 fully saturated rings. The number of benzene rings is 1. The largest absolute Gasteiger partial charge is 0.444 e. The van der Waals surface area contributed by atoms with Crippen molar-refractivity contribution in [1.82, 2.24) is 9.88 Å². The Hall–Kier alpha value is -2.96. The van der Waals surface area contributed by atoms with Crippen molar-refractivity contribution in [3.63, 3.8) is 0 Å². The first-order valence-electron chi connectivity index (χ1n) is 11.7. The molecule has 2 aromatic rings. The Kier molecular flexibility index (Phi) is 7.40. The molecule has 33 heavy (non-hydrogen) atoms. The third kappa shape index (κ3) is 7.01. The van der Waals surface area contributed by atoms with E-state index in [0.717, 1.165) is 48.1 Å². The van der Waals surface area contributed by atoms with Crippen LogP contribution >= 0.6 is 0 Å². The minimum absolute atomic E-state index is 0.186. The van der Waals surface area contributed by atoms with Gasteiger partial charge in [-0.25, -0.2) is 9.78 Å². The predicted molar refractivity (Wildman–Crippen MR) is 137 cm³/mol. The molecule has 0 saturated carbocycles. The molecule has 0 unspecified atom stereocenters. The van der Waals surface area contributed by atoms with E-state index in [0.29, 0.717) is 13.1 Å². The van der Waals surface area contributed by atoms with Crippen molar-refractivity contribution in [1.29, 1.82) is 0 Å². The lowest BCUT2D eigenvalue weighted by Crippen LogP contribution is -2.50. The molecule has 3 rings (SSSR count). The van der Waals surface area contributed by atoms with Gasteiger partial charge in [0, 0.05) is 51.0 Å². The van der Waals surface area contributed by atoms with E-state index in [2.05, 4.69) is 72.7 Å². The van der Waals surface area contributed by atoms with E-state index in [9.17, 15) is 4.79 Å². The lowest BCUT2D eigenvalue weighted by molar-refractivity contribution is 0.0240. The average molecular weight is 454 g/mol. The van der Waals surface area contributed by atoms with Crippen LogP contribution in [-0.2, 0) is 4.74 Å². The molecule has 1 aromatic carbocycles. The first-order chi connectivity index (χ1) is 15.4.